The summed E-state index contributed by atoms with van der Waals surface area (Å²) in [6.45, 7) is 6.34. The highest BCUT2D eigenvalue weighted by atomic mass is 32.2. The second-order valence-corrected chi connectivity index (χ2v) is 12.3. The van der Waals surface area contributed by atoms with E-state index < -0.39 is 10.0 Å². The van der Waals surface area contributed by atoms with Gasteiger partial charge < -0.3 is 14.7 Å². The minimum Gasteiger partial charge on any atom is -0.371 e. The monoisotopic (exact) mass is 476 g/mol. The van der Waals surface area contributed by atoms with Gasteiger partial charge in [-0.3, -0.25) is 4.79 Å². The first-order valence-electron chi connectivity index (χ1n) is 12.7. The molecule has 0 unspecified atom stereocenters. The van der Waals surface area contributed by atoms with Gasteiger partial charge in [-0.2, -0.15) is 0 Å². The average molecular weight is 477 g/mol. The minimum atomic E-state index is -3.60. The van der Waals surface area contributed by atoms with E-state index in [4.69, 9.17) is 0 Å². The molecule has 8 heteroatoms. The van der Waals surface area contributed by atoms with E-state index in [0.29, 0.717) is 12.1 Å². The molecule has 2 aliphatic heterocycles. The Bertz CT molecular complexity index is 922. The van der Waals surface area contributed by atoms with E-state index in [2.05, 4.69) is 9.80 Å². The van der Waals surface area contributed by atoms with Crippen molar-refractivity contribution in [2.24, 2.45) is 5.92 Å². The smallest absolute Gasteiger partial charge is 0.256 e. The molecule has 3 fully saturated rings. The summed E-state index contributed by atoms with van der Waals surface area (Å²) in [7, 11) is -0.543. The van der Waals surface area contributed by atoms with Crippen LogP contribution in [0, 0.1) is 5.92 Å². The maximum Gasteiger partial charge on any atom is 0.256 e. The van der Waals surface area contributed by atoms with E-state index in [-0.39, 0.29) is 10.8 Å². The summed E-state index contributed by atoms with van der Waals surface area (Å²) in [4.78, 5) is 20.6. The topological polar surface area (TPSA) is 64.2 Å². The molecule has 3 aliphatic rings. The van der Waals surface area contributed by atoms with Crippen LogP contribution in [-0.4, -0.2) is 88.3 Å². The van der Waals surface area contributed by atoms with Gasteiger partial charge in [-0.25, -0.2) is 12.7 Å². The zero-order chi connectivity index (χ0) is 23.4. The Hall–Kier alpha value is -1.64. The van der Waals surface area contributed by atoms with Crippen LogP contribution >= 0.6 is 0 Å². The highest BCUT2D eigenvalue weighted by Crippen LogP contribution is 2.30. The standard InChI is InChI=1S/C25H40N4O3S/c1-26(2)33(31,32)22-11-12-24(28-14-6-7-15-28)23(19-22)25(30)29-16-8-13-27(17-18-29)20-21-9-4-3-5-10-21/h11-12,19,21H,3-10,13-18,20H2,1-2H3. The number of hydrogen-bond acceptors (Lipinski definition) is 5. The molecule has 0 bridgehead atoms. The van der Waals surface area contributed by atoms with Crippen molar-refractivity contribution in [1.82, 2.24) is 14.1 Å². The number of amides is 1. The molecule has 184 valence electrons. The molecule has 2 heterocycles. The van der Waals surface area contributed by atoms with Crippen LogP contribution in [0.15, 0.2) is 23.1 Å². The van der Waals surface area contributed by atoms with Crippen LogP contribution in [-0.2, 0) is 10.0 Å². The number of nitrogens with zero attached hydrogens (tertiary/aromatic N) is 4. The molecule has 4 rings (SSSR count). The van der Waals surface area contributed by atoms with E-state index >= 15 is 0 Å². The largest absolute Gasteiger partial charge is 0.371 e. The molecule has 0 aromatic heterocycles. The number of sulfonamides is 1. The fraction of sp³-hybridized carbons (Fsp3) is 0.720. The summed E-state index contributed by atoms with van der Waals surface area (Å²) < 4.78 is 26.8. The molecule has 1 aromatic rings. The second kappa shape index (κ2) is 10.7. The van der Waals surface area contributed by atoms with Gasteiger partial charge in [0.25, 0.3) is 5.91 Å². The van der Waals surface area contributed by atoms with Crippen molar-refractivity contribution in [1.29, 1.82) is 0 Å². The predicted octanol–water partition coefficient (Wildman–Crippen LogP) is 3.27. The van der Waals surface area contributed by atoms with Gasteiger partial charge in [0.1, 0.15) is 0 Å². The lowest BCUT2D eigenvalue weighted by atomic mass is 9.89. The molecule has 0 spiro atoms. The summed E-state index contributed by atoms with van der Waals surface area (Å²) in [5, 5.41) is 0. The van der Waals surface area contributed by atoms with Crippen LogP contribution in [0.1, 0.15) is 61.7 Å². The molecule has 2 saturated heterocycles. The Morgan fingerprint density at radius 2 is 1.64 bits per heavy atom. The van der Waals surface area contributed by atoms with Gasteiger partial charge >= 0.3 is 0 Å². The van der Waals surface area contributed by atoms with Crippen molar-refractivity contribution >= 4 is 21.6 Å². The Kier molecular flexibility index (Phi) is 7.97. The maximum absolute atomic E-state index is 13.7. The van der Waals surface area contributed by atoms with Crippen molar-refractivity contribution in [2.75, 3.05) is 64.8 Å². The zero-order valence-electron chi connectivity index (χ0n) is 20.3. The highest BCUT2D eigenvalue weighted by Gasteiger charge is 2.28. The number of anilines is 1. The third kappa shape index (κ3) is 5.72. The SMILES string of the molecule is CN(C)S(=O)(=O)c1ccc(N2CCCC2)c(C(=O)N2CCCN(CC3CCCCC3)CC2)c1. The van der Waals surface area contributed by atoms with Gasteiger partial charge in [-0.15, -0.1) is 0 Å². The number of carbonyl (C=O) groups is 1. The van der Waals surface area contributed by atoms with Gasteiger partial charge in [0, 0.05) is 59.1 Å². The molecule has 0 N–H and O–H groups in total. The Morgan fingerprint density at radius 1 is 0.909 bits per heavy atom. The van der Waals surface area contributed by atoms with Gasteiger partial charge in [0.05, 0.1) is 10.5 Å². The van der Waals surface area contributed by atoms with Gasteiger partial charge in [0.15, 0.2) is 0 Å². The van der Waals surface area contributed by atoms with E-state index in [1.165, 1.54) is 50.5 Å². The molecular weight excluding hydrogens is 436 g/mol. The van der Waals surface area contributed by atoms with Crippen LogP contribution in [0.4, 0.5) is 5.69 Å². The summed E-state index contributed by atoms with van der Waals surface area (Å²) in [6.07, 6.45) is 9.94. The summed E-state index contributed by atoms with van der Waals surface area (Å²) in [5.74, 6) is 0.767. The second-order valence-electron chi connectivity index (χ2n) is 10.1. The minimum absolute atomic E-state index is 0.0350. The first-order chi connectivity index (χ1) is 15.9. The highest BCUT2D eigenvalue weighted by molar-refractivity contribution is 7.89. The van der Waals surface area contributed by atoms with E-state index in [1.807, 2.05) is 11.0 Å². The van der Waals surface area contributed by atoms with Crippen molar-refractivity contribution in [3.05, 3.63) is 23.8 Å². The summed E-state index contributed by atoms with van der Waals surface area (Å²) in [6, 6.07) is 5.09. The first-order valence-corrected chi connectivity index (χ1v) is 14.1. The number of hydrogen-bond donors (Lipinski definition) is 0. The lowest BCUT2D eigenvalue weighted by molar-refractivity contribution is 0.0760. The van der Waals surface area contributed by atoms with Crippen molar-refractivity contribution < 1.29 is 13.2 Å². The molecule has 33 heavy (non-hydrogen) atoms. The fourth-order valence-electron chi connectivity index (χ4n) is 5.55. The third-order valence-corrected chi connectivity index (χ3v) is 9.35. The number of carbonyl (C=O) groups excluding carboxylic acids is 1. The van der Waals surface area contributed by atoms with E-state index in [0.717, 1.165) is 70.1 Å². The Labute approximate surface area is 199 Å². The number of benzene rings is 1. The van der Waals surface area contributed by atoms with Gasteiger partial charge in [0.2, 0.25) is 10.0 Å². The molecular formula is C25H40N4O3S. The van der Waals surface area contributed by atoms with Crippen molar-refractivity contribution in [3.63, 3.8) is 0 Å². The molecule has 1 amide bonds. The Morgan fingerprint density at radius 3 is 2.33 bits per heavy atom. The lowest BCUT2D eigenvalue weighted by Crippen LogP contribution is -2.37. The van der Waals surface area contributed by atoms with Crippen LogP contribution in [0.2, 0.25) is 0 Å². The zero-order valence-corrected chi connectivity index (χ0v) is 21.2. The van der Waals surface area contributed by atoms with Crippen LogP contribution in [0.3, 0.4) is 0 Å². The molecule has 1 aromatic carbocycles. The van der Waals surface area contributed by atoms with Crippen molar-refractivity contribution in [2.45, 2.75) is 56.3 Å². The lowest BCUT2D eigenvalue weighted by Gasteiger charge is -2.29. The Balaban J connectivity index is 1.53. The molecule has 0 atom stereocenters. The van der Waals surface area contributed by atoms with Crippen LogP contribution in [0.5, 0.6) is 0 Å². The fourth-order valence-corrected chi connectivity index (χ4v) is 6.48. The van der Waals surface area contributed by atoms with Gasteiger partial charge in [-0.05, 0) is 62.8 Å². The normalized spacial score (nSPS) is 21.5. The predicted molar refractivity (Wildman–Crippen MR) is 132 cm³/mol. The number of rotatable bonds is 6. The molecule has 1 saturated carbocycles. The van der Waals surface area contributed by atoms with Gasteiger partial charge in [-0.1, -0.05) is 19.3 Å². The molecule has 0 radical (unpaired) electrons. The van der Waals surface area contributed by atoms with E-state index in [9.17, 15) is 13.2 Å². The maximum atomic E-state index is 13.7. The van der Waals surface area contributed by atoms with Crippen LogP contribution in [0.25, 0.3) is 0 Å². The summed E-state index contributed by atoms with van der Waals surface area (Å²) >= 11 is 0. The molecule has 1 aliphatic carbocycles. The third-order valence-electron chi connectivity index (χ3n) is 7.54. The van der Waals surface area contributed by atoms with Crippen LogP contribution < -0.4 is 4.90 Å². The van der Waals surface area contributed by atoms with Crippen molar-refractivity contribution in [3.8, 4) is 0 Å². The first kappa shape index (κ1) is 24.5. The molecule has 7 nitrogen and oxygen atoms in total. The van der Waals surface area contributed by atoms with E-state index in [1.54, 1.807) is 12.1 Å². The average Bonchev–Trinajstić information content (AvgIpc) is 3.25. The quantitative estimate of drug-likeness (QED) is 0.631. The summed E-state index contributed by atoms with van der Waals surface area (Å²) in [5.41, 5.74) is 1.40.